The van der Waals surface area contributed by atoms with Crippen molar-refractivity contribution in [3.05, 3.63) is 72.1 Å². The number of benzene rings is 2. The summed E-state index contributed by atoms with van der Waals surface area (Å²) >= 11 is 0. The summed E-state index contributed by atoms with van der Waals surface area (Å²) in [5.74, 6) is 4.48. The van der Waals surface area contributed by atoms with Crippen LogP contribution < -0.4 is 37.3 Å². The fraction of sp³-hybridized carbons (Fsp3) is 0.471. The number of nitrogens with one attached hydrogen (secondary N) is 3. The maximum atomic E-state index is 13.9. The molecule has 0 radical (unpaired) electrons. The van der Waals surface area contributed by atoms with Crippen LogP contribution in [-0.2, 0) is 9.53 Å². The predicted octanol–water partition coefficient (Wildman–Crippen LogP) is 2.09. The van der Waals surface area contributed by atoms with Gasteiger partial charge in [-0.25, -0.2) is 19.6 Å². The number of rotatable bonds is 14. The minimum absolute atomic E-state index is 0.00594. The molecule has 1 amide bonds. The zero-order valence-corrected chi connectivity index (χ0v) is 27.8. The van der Waals surface area contributed by atoms with Gasteiger partial charge in [-0.1, -0.05) is 6.58 Å². The van der Waals surface area contributed by atoms with E-state index in [0.29, 0.717) is 29.2 Å². The van der Waals surface area contributed by atoms with Gasteiger partial charge in [0.05, 0.1) is 43.8 Å². The summed E-state index contributed by atoms with van der Waals surface area (Å²) in [4.78, 5) is 24.4. The smallest absolute Gasteiger partial charge is 0.247 e. The lowest BCUT2D eigenvalue weighted by atomic mass is 10.0. The Labute approximate surface area is 285 Å². The van der Waals surface area contributed by atoms with Crippen molar-refractivity contribution in [2.45, 2.75) is 37.4 Å². The zero-order chi connectivity index (χ0) is 34.9. The molecular formula is C34H47F2N9O4. The third-order valence-electron chi connectivity index (χ3n) is 9.28. The largest absolute Gasteiger partial charge is 0.494 e. The van der Waals surface area contributed by atoms with Crippen molar-refractivity contribution in [2.24, 2.45) is 16.6 Å². The molecule has 15 heteroatoms. The third kappa shape index (κ3) is 9.25. The maximum absolute atomic E-state index is 13.9. The van der Waals surface area contributed by atoms with E-state index in [2.05, 4.69) is 42.3 Å². The number of halogens is 2. The topological polar surface area (TPSA) is 166 Å². The number of piperidine rings is 1. The van der Waals surface area contributed by atoms with Gasteiger partial charge in [0.2, 0.25) is 5.91 Å². The Balaban J connectivity index is 1.32. The molecule has 13 nitrogen and oxygen atoms in total. The van der Waals surface area contributed by atoms with Gasteiger partial charge < -0.3 is 41.3 Å². The predicted molar refractivity (Wildman–Crippen MR) is 185 cm³/mol. The molecule has 266 valence electrons. The van der Waals surface area contributed by atoms with Crippen LogP contribution in [-0.4, -0.2) is 105 Å². The van der Waals surface area contributed by atoms with Gasteiger partial charge in [0.15, 0.2) is 0 Å². The van der Waals surface area contributed by atoms with Crippen molar-refractivity contribution in [2.75, 3.05) is 76.4 Å². The zero-order valence-electron chi connectivity index (χ0n) is 27.8. The number of anilines is 2. The number of amides is 1. The van der Waals surface area contributed by atoms with Gasteiger partial charge in [-0.05, 0) is 49.1 Å². The highest BCUT2D eigenvalue weighted by atomic mass is 19.1. The van der Waals surface area contributed by atoms with E-state index in [0.717, 1.165) is 77.1 Å². The molecule has 49 heavy (non-hydrogen) atoms. The number of hydrogen-bond acceptors (Lipinski definition) is 11. The molecule has 2 aromatic carbocycles. The molecule has 0 aromatic heterocycles. The van der Waals surface area contributed by atoms with E-state index < -0.39 is 17.7 Å². The van der Waals surface area contributed by atoms with E-state index >= 15 is 0 Å². The van der Waals surface area contributed by atoms with Crippen molar-refractivity contribution < 1.29 is 28.2 Å². The fourth-order valence-corrected chi connectivity index (χ4v) is 6.59. The molecule has 0 spiro atoms. The molecule has 2 aromatic rings. The second kappa shape index (κ2) is 16.9. The Morgan fingerprint density at radius 1 is 1.08 bits per heavy atom. The minimum Gasteiger partial charge on any atom is -0.494 e. The van der Waals surface area contributed by atoms with E-state index in [9.17, 15) is 18.7 Å². The van der Waals surface area contributed by atoms with E-state index in [1.54, 1.807) is 6.07 Å². The number of hydrazine groups is 1. The number of piperazine rings is 1. The van der Waals surface area contributed by atoms with Crippen molar-refractivity contribution >= 4 is 28.8 Å². The number of methoxy groups -OCH3 is 1. The first kappa shape index (κ1) is 36.0. The number of aliphatic hydroxyl groups excluding tert-OH is 1. The Kier molecular flexibility index (Phi) is 12.4. The van der Waals surface area contributed by atoms with Gasteiger partial charge in [0.1, 0.15) is 34.7 Å². The summed E-state index contributed by atoms with van der Waals surface area (Å²) in [6, 6.07) is 7.01. The number of ether oxygens (including phenoxy) is 2. The standard InChI is InChI=1S/C34H47F2N9O4/c1-3-34(47)41-28-17-29(39-32(37)19-33(42-38)40-27(6-13-46)22-14-23(35)16-24(36)15-22)31(48-2)18-30(28)45-7-4-25(5-8-45)43-9-11-44(12-10-43)26-20-49-21-26/h3,14-19,25-27,40,42,46H,1,4-13,20-21,38H2,2H3,(H2,37,39)(H,41,47)/b33-19-/t27-/m1/s1. The molecule has 3 aliphatic heterocycles. The number of nitrogens with zero attached hydrogens (tertiary/aromatic N) is 4. The summed E-state index contributed by atoms with van der Waals surface area (Å²) in [7, 11) is 1.53. The van der Waals surface area contributed by atoms with Gasteiger partial charge in [-0.15, -0.1) is 0 Å². The van der Waals surface area contributed by atoms with Crippen molar-refractivity contribution in [3.8, 4) is 5.75 Å². The van der Waals surface area contributed by atoms with Crippen LogP contribution in [0.2, 0.25) is 0 Å². The molecular weight excluding hydrogens is 636 g/mol. The van der Waals surface area contributed by atoms with Gasteiger partial charge in [0, 0.05) is 70.1 Å². The van der Waals surface area contributed by atoms with Gasteiger partial charge in [-0.3, -0.25) is 14.6 Å². The maximum Gasteiger partial charge on any atom is 0.247 e. The van der Waals surface area contributed by atoms with Crippen LogP contribution in [0.3, 0.4) is 0 Å². The molecule has 3 fully saturated rings. The van der Waals surface area contributed by atoms with E-state index in [-0.39, 0.29) is 36.2 Å². The highest BCUT2D eigenvalue weighted by molar-refractivity contribution is 6.02. The van der Waals surface area contributed by atoms with Crippen LogP contribution >= 0.6 is 0 Å². The highest BCUT2D eigenvalue weighted by Gasteiger charge is 2.33. The first-order valence-electron chi connectivity index (χ1n) is 16.5. The first-order chi connectivity index (χ1) is 23.7. The second-order valence-corrected chi connectivity index (χ2v) is 12.4. The number of nitrogens with two attached hydrogens (primary N) is 2. The molecule has 0 aliphatic carbocycles. The van der Waals surface area contributed by atoms with E-state index in [1.165, 1.54) is 31.4 Å². The van der Waals surface area contributed by atoms with Crippen LogP contribution in [0.4, 0.5) is 25.8 Å². The molecule has 3 heterocycles. The van der Waals surface area contributed by atoms with Gasteiger partial charge in [-0.2, -0.15) is 0 Å². The SMILES string of the molecule is C=CC(=O)Nc1cc(N=C(N)/C=C(\NN)N[C@H](CCO)c2cc(F)cc(F)c2)c(OC)cc1N1CCC(N2CCN(C3COC3)CC2)CC1. The molecule has 3 aliphatic rings. The normalized spacial score (nSPS) is 19.2. The average molecular weight is 684 g/mol. The Morgan fingerprint density at radius 2 is 1.73 bits per heavy atom. The molecule has 8 N–H and O–H groups in total. The number of amidine groups is 1. The van der Waals surface area contributed by atoms with Crippen molar-refractivity contribution in [3.63, 3.8) is 0 Å². The van der Waals surface area contributed by atoms with Crippen LogP contribution in [0.25, 0.3) is 0 Å². The number of aliphatic hydroxyl groups is 1. The second-order valence-electron chi connectivity index (χ2n) is 12.4. The lowest BCUT2D eigenvalue weighted by Gasteiger charge is -2.46. The van der Waals surface area contributed by atoms with Gasteiger partial charge >= 0.3 is 0 Å². The Bertz CT molecular complexity index is 1500. The van der Waals surface area contributed by atoms with Crippen LogP contribution in [0.15, 0.2) is 59.9 Å². The number of aliphatic imine (C=N–C) groups is 1. The van der Waals surface area contributed by atoms with Crippen LogP contribution in [0.1, 0.15) is 30.9 Å². The Morgan fingerprint density at radius 3 is 2.29 bits per heavy atom. The average Bonchev–Trinajstić information content (AvgIpc) is 3.07. The van der Waals surface area contributed by atoms with E-state index in [4.69, 9.17) is 21.1 Å². The molecule has 1 atom stereocenters. The molecule has 3 saturated heterocycles. The minimum atomic E-state index is -0.750. The summed E-state index contributed by atoms with van der Waals surface area (Å²) < 4.78 is 38.9. The first-order valence-corrected chi connectivity index (χ1v) is 16.5. The van der Waals surface area contributed by atoms with E-state index in [1.807, 2.05) is 6.07 Å². The lowest BCUT2D eigenvalue weighted by molar-refractivity contribution is -0.111. The lowest BCUT2D eigenvalue weighted by Crippen LogP contribution is -2.59. The summed E-state index contributed by atoms with van der Waals surface area (Å²) in [6.07, 6.45) is 4.71. The number of hydrogen-bond donors (Lipinski definition) is 6. The molecule has 0 bridgehead atoms. The molecule has 0 saturated carbocycles. The highest BCUT2D eigenvalue weighted by Crippen LogP contribution is 2.40. The van der Waals surface area contributed by atoms with Crippen LogP contribution in [0, 0.1) is 11.6 Å². The monoisotopic (exact) mass is 683 g/mol. The number of carbonyl (C=O) groups is 1. The molecule has 0 unspecified atom stereocenters. The van der Waals surface area contributed by atoms with Gasteiger partial charge in [0.25, 0.3) is 0 Å². The Hall–Kier alpha value is -4.28. The summed E-state index contributed by atoms with van der Waals surface area (Å²) in [6.45, 7) is 10.9. The quantitative estimate of drug-likeness (QED) is 0.0568. The van der Waals surface area contributed by atoms with Crippen LogP contribution in [0.5, 0.6) is 5.75 Å². The fourth-order valence-electron chi connectivity index (χ4n) is 6.59. The summed E-state index contributed by atoms with van der Waals surface area (Å²) in [5, 5.41) is 15.5. The molecule has 5 rings (SSSR count). The van der Waals surface area contributed by atoms with Crippen molar-refractivity contribution in [1.29, 1.82) is 0 Å². The summed E-state index contributed by atoms with van der Waals surface area (Å²) in [5.41, 5.74) is 10.7. The van der Waals surface area contributed by atoms with Crippen molar-refractivity contribution in [1.82, 2.24) is 20.5 Å². The third-order valence-corrected chi connectivity index (χ3v) is 9.28. The number of carbonyl (C=O) groups excluding carboxylic acids is 1.